The third-order valence-electron chi connectivity index (χ3n) is 2.12. The van der Waals surface area contributed by atoms with Crippen molar-refractivity contribution in [1.29, 1.82) is 0 Å². The van der Waals surface area contributed by atoms with Crippen LogP contribution in [0.3, 0.4) is 0 Å². The van der Waals surface area contributed by atoms with Gasteiger partial charge in [-0.15, -0.1) is 0 Å². The van der Waals surface area contributed by atoms with Crippen molar-refractivity contribution in [1.82, 2.24) is 4.98 Å². The number of ether oxygens (including phenoxy) is 1. The molecule has 0 fully saturated rings. The van der Waals surface area contributed by atoms with Gasteiger partial charge in [0.1, 0.15) is 5.82 Å². The molecule has 0 aliphatic carbocycles. The summed E-state index contributed by atoms with van der Waals surface area (Å²) in [5, 5.41) is 2.65. The molecule has 96 valence electrons. The summed E-state index contributed by atoms with van der Waals surface area (Å²) in [5.74, 6) is -0.161. The molecule has 0 aromatic carbocycles. The highest BCUT2D eigenvalue weighted by Crippen LogP contribution is 2.33. The molecule has 1 heterocycles. The molecule has 0 spiro atoms. The first-order chi connectivity index (χ1) is 7.95. The number of aromatic nitrogens is 1. The molecule has 0 aliphatic heterocycles. The van der Waals surface area contributed by atoms with Crippen LogP contribution in [0.15, 0.2) is 18.3 Å². The van der Waals surface area contributed by atoms with E-state index in [-0.39, 0.29) is 18.5 Å². The smallest absolute Gasteiger partial charge is 0.377 e. The number of alkyl halides is 3. The number of anilines is 1. The lowest BCUT2D eigenvalue weighted by Crippen LogP contribution is -2.22. The normalized spacial score (nSPS) is 13.5. The van der Waals surface area contributed by atoms with Crippen molar-refractivity contribution in [2.75, 3.05) is 18.5 Å². The molecule has 0 radical (unpaired) electrons. The minimum Gasteiger partial charge on any atom is -0.377 e. The average Bonchev–Trinajstić information content (AvgIpc) is 2.26. The van der Waals surface area contributed by atoms with Crippen LogP contribution in [0.5, 0.6) is 0 Å². The molecule has 6 heteroatoms. The van der Waals surface area contributed by atoms with Crippen LogP contribution in [-0.4, -0.2) is 24.2 Å². The van der Waals surface area contributed by atoms with Gasteiger partial charge in [0.15, 0.2) is 0 Å². The average molecular weight is 248 g/mol. The van der Waals surface area contributed by atoms with Crippen molar-refractivity contribution < 1.29 is 17.9 Å². The van der Waals surface area contributed by atoms with Crippen LogP contribution in [0.2, 0.25) is 0 Å². The fraction of sp³-hybridized carbons (Fsp3) is 0.545. The van der Waals surface area contributed by atoms with Gasteiger partial charge in [-0.3, -0.25) is 0 Å². The second kappa shape index (κ2) is 5.86. The Bertz CT molecular complexity index is 355. The van der Waals surface area contributed by atoms with Crippen LogP contribution >= 0.6 is 0 Å². The molecule has 1 unspecified atom stereocenters. The zero-order valence-electron chi connectivity index (χ0n) is 9.71. The zero-order chi connectivity index (χ0) is 12.9. The van der Waals surface area contributed by atoms with Gasteiger partial charge in [-0.1, -0.05) is 0 Å². The largest absolute Gasteiger partial charge is 0.419 e. The Balaban J connectivity index is 2.71. The van der Waals surface area contributed by atoms with Crippen molar-refractivity contribution in [3.05, 3.63) is 23.9 Å². The highest BCUT2D eigenvalue weighted by atomic mass is 19.4. The van der Waals surface area contributed by atoms with E-state index in [2.05, 4.69) is 10.3 Å². The molecule has 1 N–H and O–H groups in total. The van der Waals surface area contributed by atoms with Crippen LogP contribution in [0.4, 0.5) is 19.0 Å². The van der Waals surface area contributed by atoms with E-state index >= 15 is 0 Å². The van der Waals surface area contributed by atoms with E-state index in [0.29, 0.717) is 6.61 Å². The Labute approximate surface area is 98.0 Å². The minimum absolute atomic E-state index is 0.161. The number of pyridine rings is 1. The maximum Gasteiger partial charge on any atom is 0.419 e. The van der Waals surface area contributed by atoms with Crippen LogP contribution in [-0.2, 0) is 10.9 Å². The lowest BCUT2D eigenvalue weighted by molar-refractivity contribution is -0.137. The molecule has 0 amide bonds. The third kappa shape index (κ3) is 4.22. The molecule has 1 aromatic heterocycles. The standard InChI is InChI=1S/C11H15F3N2O/c1-3-17-8(2)7-16-10-9(11(12,13)14)5-4-6-15-10/h4-6,8H,3,7H2,1-2H3,(H,15,16). The number of rotatable bonds is 5. The first kappa shape index (κ1) is 13.8. The van der Waals surface area contributed by atoms with Crippen LogP contribution in [0.25, 0.3) is 0 Å². The monoisotopic (exact) mass is 248 g/mol. The minimum atomic E-state index is -4.40. The Kier molecular flexibility index (Phi) is 4.74. The molecule has 17 heavy (non-hydrogen) atoms. The summed E-state index contributed by atoms with van der Waals surface area (Å²) in [6, 6.07) is 2.26. The third-order valence-corrected chi connectivity index (χ3v) is 2.12. The summed E-state index contributed by atoms with van der Waals surface area (Å²) < 4.78 is 43.0. The molecule has 0 bridgehead atoms. The van der Waals surface area contributed by atoms with Gasteiger partial charge >= 0.3 is 6.18 Å². The summed E-state index contributed by atoms with van der Waals surface area (Å²) in [6.07, 6.45) is -3.24. The highest BCUT2D eigenvalue weighted by Gasteiger charge is 2.34. The number of halogens is 3. The van der Waals surface area contributed by atoms with Gasteiger partial charge in [0.2, 0.25) is 0 Å². The van der Waals surface area contributed by atoms with Gasteiger partial charge in [0, 0.05) is 19.3 Å². The number of nitrogens with one attached hydrogen (secondary N) is 1. The summed E-state index contributed by atoms with van der Waals surface area (Å²) in [7, 11) is 0. The topological polar surface area (TPSA) is 34.1 Å². The van der Waals surface area contributed by atoms with Crippen LogP contribution in [0, 0.1) is 0 Å². The van der Waals surface area contributed by atoms with Gasteiger partial charge in [0.25, 0.3) is 0 Å². The first-order valence-corrected chi connectivity index (χ1v) is 5.32. The van der Waals surface area contributed by atoms with E-state index in [0.717, 1.165) is 6.07 Å². The number of nitrogens with zero attached hydrogens (tertiary/aromatic N) is 1. The molecule has 0 saturated heterocycles. The first-order valence-electron chi connectivity index (χ1n) is 5.32. The number of hydrogen-bond acceptors (Lipinski definition) is 3. The Hall–Kier alpha value is -1.30. The lowest BCUT2D eigenvalue weighted by Gasteiger charge is -2.16. The molecule has 1 aromatic rings. The van der Waals surface area contributed by atoms with Gasteiger partial charge in [-0.2, -0.15) is 13.2 Å². The van der Waals surface area contributed by atoms with Crippen molar-refractivity contribution >= 4 is 5.82 Å². The fourth-order valence-electron chi connectivity index (χ4n) is 1.36. The molecule has 1 atom stereocenters. The van der Waals surface area contributed by atoms with E-state index in [1.165, 1.54) is 12.3 Å². The maximum absolute atomic E-state index is 12.6. The van der Waals surface area contributed by atoms with Crippen molar-refractivity contribution in [2.24, 2.45) is 0 Å². The molecule has 1 rings (SSSR count). The molecular weight excluding hydrogens is 233 g/mol. The summed E-state index contributed by atoms with van der Waals surface area (Å²) in [5.41, 5.74) is -0.760. The number of hydrogen-bond donors (Lipinski definition) is 1. The quantitative estimate of drug-likeness (QED) is 0.869. The molecule has 3 nitrogen and oxygen atoms in total. The summed E-state index contributed by atoms with van der Waals surface area (Å²) in [6.45, 7) is 4.43. The van der Waals surface area contributed by atoms with E-state index in [1.54, 1.807) is 6.92 Å². The second-order valence-corrected chi connectivity index (χ2v) is 3.54. The Morgan fingerprint density at radius 2 is 2.18 bits per heavy atom. The second-order valence-electron chi connectivity index (χ2n) is 3.54. The van der Waals surface area contributed by atoms with Crippen molar-refractivity contribution in [3.63, 3.8) is 0 Å². The summed E-state index contributed by atoms with van der Waals surface area (Å²) >= 11 is 0. The SMILES string of the molecule is CCOC(C)CNc1ncccc1C(F)(F)F. The van der Waals surface area contributed by atoms with Gasteiger partial charge in [0.05, 0.1) is 11.7 Å². The predicted molar refractivity (Wildman–Crippen MR) is 58.8 cm³/mol. The lowest BCUT2D eigenvalue weighted by atomic mass is 10.2. The van der Waals surface area contributed by atoms with Crippen LogP contribution in [0.1, 0.15) is 19.4 Å². The molecular formula is C11H15F3N2O. The van der Waals surface area contributed by atoms with Gasteiger partial charge < -0.3 is 10.1 Å². The van der Waals surface area contributed by atoms with Crippen molar-refractivity contribution in [3.8, 4) is 0 Å². The predicted octanol–water partition coefficient (Wildman–Crippen LogP) is 2.94. The van der Waals surface area contributed by atoms with E-state index in [9.17, 15) is 13.2 Å². The maximum atomic E-state index is 12.6. The summed E-state index contributed by atoms with van der Waals surface area (Å²) in [4.78, 5) is 3.69. The van der Waals surface area contributed by atoms with Crippen molar-refractivity contribution in [2.45, 2.75) is 26.1 Å². The Morgan fingerprint density at radius 1 is 1.47 bits per heavy atom. The van der Waals surface area contributed by atoms with E-state index in [1.807, 2.05) is 6.92 Å². The molecule has 0 saturated carbocycles. The van der Waals surface area contributed by atoms with Crippen LogP contribution < -0.4 is 5.32 Å². The van der Waals surface area contributed by atoms with E-state index in [4.69, 9.17) is 4.74 Å². The van der Waals surface area contributed by atoms with Gasteiger partial charge in [-0.05, 0) is 26.0 Å². The molecule has 0 aliphatic rings. The van der Waals surface area contributed by atoms with E-state index < -0.39 is 11.7 Å². The Morgan fingerprint density at radius 3 is 2.76 bits per heavy atom. The van der Waals surface area contributed by atoms with Gasteiger partial charge in [-0.25, -0.2) is 4.98 Å². The zero-order valence-corrected chi connectivity index (χ0v) is 9.71. The fourth-order valence-corrected chi connectivity index (χ4v) is 1.36. The highest BCUT2D eigenvalue weighted by molar-refractivity contribution is 5.45.